The van der Waals surface area contributed by atoms with E-state index in [0.29, 0.717) is 0 Å². The van der Waals surface area contributed by atoms with Crippen LogP contribution in [0.15, 0.2) is 18.3 Å². The molecule has 1 rings (SSSR count). The SMILES string of the molecule is COCC(O)CNC(=O)c1ccc(F)nc1. The van der Waals surface area contributed by atoms with Crippen LogP contribution < -0.4 is 5.32 Å². The summed E-state index contributed by atoms with van der Waals surface area (Å²) in [6, 6.07) is 2.42. The third-order valence-corrected chi connectivity index (χ3v) is 1.85. The van der Waals surface area contributed by atoms with Crippen molar-refractivity contribution >= 4 is 5.91 Å². The number of amides is 1. The van der Waals surface area contributed by atoms with Crippen molar-refractivity contribution in [3.8, 4) is 0 Å². The largest absolute Gasteiger partial charge is 0.389 e. The Hall–Kier alpha value is -1.53. The van der Waals surface area contributed by atoms with Crippen LogP contribution in [0.3, 0.4) is 0 Å². The molecule has 16 heavy (non-hydrogen) atoms. The first kappa shape index (κ1) is 12.5. The lowest BCUT2D eigenvalue weighted by Gasteiger charge is -2.10. The molecule has 0 fully saturated rings. The number of carbonyl (C=O) groups excluding carboxylic acids is 1. The number of hydrogen-bond donors (Lipinski definition) is 2. The van der Waals surface area contributed by atoms with E-state index < -0.39 is 18.0 Å². The quantitative estimate of drug-likeness (QED) is 0.693. The van der Waals surface area contributed by atoms with Gasteiger partial charge in [0, 0.05) is 19.9 Å². The number of aliphatic hydroxyl groups is 1. The van der Waals surface area contributed by atoms with Crippen LogP contribution in [-0.2, 0) is 4.74 Å². The van der Waals surface area contributed by atoms with E-state index in [-0.39, 0.29) is 18.7 Å². The van der Waals surface area contributed by atoms with Crippen molar-refractivity contribution in [2.75, 3.05) is 20.3 Å². The summed E-state index contributed by atoms with van der Waals surface area (Å²) in [5.41, 5.74) is 0.242. The third kappa shape index (κ3) is 3.92. The van der Waals surface area contributed by atoms with E-state index in [1.165, 1.54) is 13.2 Å². The number of nitrogens with one attached hydrogen (secondary N) is 1. The lowest BCUT2D eigenvalue weighted by Crippen LogP contribution is -2.34. The van der Waals surface area contributed by atoms with E-state index in [0.717, 1.165) is 12.3 Å². The van der Waals surface area contributed by atoms with Crippen LogP contribution in [0.25, 0.3) is 0 Å². The normalized spacial score (nSPS) is 12.2. The van der Waals surface area contributed by atoms with Gasteiger partial charge in [-0.25, -0.2) is 4.98 Å². The van der Waals surface area contributed by atoms with E-state index in [9.17, 15) is 14.3 Å². The predicted octanol–water partition coefficient (Wildman–Crippen LogP) is -0.0422. The molecule has 0 aliphatic carbocycles. The summed E-state index contributed by atoms with van der Waals surface area (Å²) in [6.45, 7) is 0.214. The molecule has 1 aromatic heterocycles. The van der Waals surface area contributed by atoms with Gasteiger partial charge >= 0.3 is 0 Å². The minimum atomic E-state index is -0.762. The lowest BCUT2D eigenvalue weighted by atomic mass is 10.2. The molecule has 0 saturated carbocycles. The minimum absolute atomic E-state index is 0.0735. The molecule has 1 atom stereocenters. The number of ether oxygens (including phenoxy) is 1. The fourth-order valence-electron chi connectivity index (χ4n) is 1.07. The van der Waals surface area contributed by atoms with Gasteiger partial charge in [0.15, 0.2) is 0 Å². The molecule has 2 N–H and O–H groups in total. The summed E-state index contributed by atoms with van der Waals surface area (Å²) in [7, 11) is 1.45. The zero-order valence-corrected chi connectivity index (χ0v) is 8.81. The number of nitrogens with zero attached hydrogens (tertiary/aromatic N) is 1. The minimum Gasteiger partial charge on any atom is -0.389 e. The molecular weight excluding hydrogens is 215 g/mol. The Balaban J connectivity index is 2.43. The predicted molar refractivity (Wildman–Crippen MR) is 54.4 cm³/mol. The van der Waals surface area contributed by atoms with Crippen LogP contribution in [0.5, 0.6) is 0 Å². The maximum absolute atomic E-state index is 12.5. The number of pyridine rings is 1. The molecule has 5 nitrogen and oxygen atoms in total. The Kier molecular flexibility index (Phi) is 4.81. The molecule has 1 unspecified atom stereocenters. The van der Waals surface area contributed by atoms with Gasteiger partial charge in [0.2, 0.25) is 5.95 Å². The van der Waals surface area contributed by atoms with Crippen molar-refractivity contribution in [1.82, 2.24) is 10.3 Å². The van der Waals surface area contributed by atoms with Gasteiger partial charge in [0.1, 0.15) is 0 Å². The maximum atomic E-state index is 12.5. The van der Waals surface area contributed by atoms with Crippen LogP contribution in [0.2, 0.25) is 0 Å². The molecule has 6 heteroatoms. The molecule has 0 radical (unpaired) electrons. The average Bonchev–Trinajstić information content (AvgIpc) is 2.27. The molecule has 1 heterocycles. The highest BCUT2D eigenvalue weighted by Gasteiger charge is 2.09. The number of halogens is 1. The fourth-order valence-corrected chi connectivity index (χ4v) is 1.07. The van der Waals surface area contributed by atoms with Crippen LogP contribution in [0.1, 0.15) is 10.4 Å². The highest BCUT2D eigenvalue weighted by atomic mass is 19.1. The maximum Gasteiger partial charge on any atom is 0.252 e. The summed E-state index contributed by atoms with van der Waals surface area (Å²) in [6.07, 6.45) is 0.371. The summed E-state index contributed by atoms with van der Waals surface area (Å²) >= 11 is 0. The summed E-state index contributed by atoms with van der Waals surface area (Å²) in [5, 5.41) is 11.7. The molecule has 0 aliphatic rings. The van der Waals surface area contributed by atoms with E-state index in [1.807, 2.05) is 0 Å². The van der Waals surface area contributed by atoms with Crippen LogP contribution >= 0.6 is 0 Å². The van der Waals surface area contributed by atoms with E-state index in [1.54, 1.807) is 0 Å². The molecule has 1 amide bonds. The van der Waals surface area contributed by atoms with Crippen molar-refractivity contribution in [3.63, 3.8) is 0 Å². The Bertz CT molecular complexity index is 342. The molecule has 88 valence electrons. The fraction of sp³-hybridized carbons (Fsp3) is 0.400. The van der Waals surface area contributed by atoms with Crippen molar-refractivity contribution in [2.45, 2.75) is 6.10 Å². The third-order valence-electron chi connectivity index (χ3n) is 1.85. The number of aromatic nitrogens is 1. The number of rotatable bonds is 5. The monoisotopic (exact) mass is 228 g/mol. The van der Waals surface area contributed by atoms with Gasteiger partial charge in [-0.05, 0) is 12.1 Å². The first-order valence-electron chi connectivity index (χ1n) is 4.70. The number of aliphatic hydroxyl groups excluding tert-OH is 1. The van der Waals surface area contributed by atoms with Crippen molar-refractivity contribution in [1.29, 1.82) is 0 Å². The topological polar surface area (TPSA) is 71.5 Å². The van der Waals surface area contributed by atoms with Crippen LogP contribution in [0, 0.1) is 5.95 Å². The van der Waals surface area contributed by atoms with Crippen LogP contribution in [-0.4, -0.2) is 42.4 Å². The van der Waals surface area contributed by atoms with Crippen molar-refractivity contribution < 1.29 is 19.0 Å². The van der Waals surface area contributed by atoms with Crippen molar-refractivity contribution in [3.05, 3.63) is 29.8 Å². The van der Waals surface area contributed by atoms with E-state index in [2.05, 4.69) is 10.3 Å². The lowest BCUT2D eigenvalue weighted by molar-refractivity contribution is 0.0609. The first-order chi connectivity index (χ1) is 7.63. The number of methoxy groups -OCH3 is 1. The molecular formula is C10H13FN2O3. The molecule has 0 spiro atoms. The Labute approximate surface area is 92.3 Å². The van der Waals surface area contributed by atoms with Crippen LogP contribution in [0.4, 0.5) is 4.39 Å². The number of hydrogen-bond acceptors (Lipinski definition) is 4. The van der Waals surface area contributed by atoms with E-state index in [4.69, 9.17) is 4.74 Å². The second-order valence-corrected chi connectivity index (χ2v) is 3.19. The molecule has 0 aliphatic heterocycles. The molecule has 0 bridgehead atoms. The van der Waals surface area contributed by atoms with Gasteiger partial charge in [0.05, 0.1) is 18.3 Å². The van der Waals surface area contributed by atoms with Crippen molar-refractivity contribution in [2.24, 2.45) is 0 Å². The standard InChI is InChI=1S/C10H13FN2O3/c1-16-6-8(14)5-13-10(15)7-2-3-9(11)12-4-7/h2-4,8,14H,5-6H2,1H3,(H,13,15). The van der Waals surface area contributed by atoms with Gasteiger partial charge < -0.3 is 15.2 Å². The highest BCUT2D eigenvalue weighted by Crippen LogP contribution is 1.98. The number of carbonyl (C=O) groups is 1. The summed E-state index contributed by atoms with van der Waals surface area (Å²) < 4.78 is 17.2. The summed E-state index contributed by atoms with van der Waals surface area (Å²) in [5.74, 6) is -1.06. The Morgan fingerprint density at radius 3 is 3.00 bits per heavy atom. The zero-order valence-electron chi connectivity index (χ0n) is 8.81. The first-order valence-corrected chi connectivity index (χ1v) is 4.70. The second kappa shape index (κ2) is 6.14. The molecule has 1 aromatic rings. The smallest absolute Gasteiger partial charge is 0.252 e. The Morgan fingerprint density at radius 1 is 1.69 bits per heavy atom. The van der Waals surface area contributed by atoms with Gasteiger partial charge in [0.25, 0.3) is 5.91 Å². The zero-order chi connectivity index (χ0) is 12.0. The van der Waals surface area contributed by atoms with Gasteiger partial charge in [-0.3, -0.25) is 4.79 Å². The van der Waals surface area contributed by atoms with Gasteiger partial charge in [-0.1, -0.05) is 0 Å². The molecule has 0 saturated heterocycles. The van der Waals surface area contributed by atoms with Gasteiger partial charge in [-0.2, -0.15) is 4.39 Å². The summed E-state index contributed by atoms with van der Waals surface area (Å²) in [4.78, 5) is 14.8. The van der Waals surface area contributed by atoms with Gasteiger partial charge in [-0.15, -0.1) is 0 Å². The second-order valence-electron chi connectivity index (χ2n) is 3.19. The Morgan fingerprint density at radius 2 is 2.44 bits per heavy atom. The highest BCUT2D eigenvalue weighted by molar-refractivity contribution is 5.93. The molecule has 0 aromatic carbocycles. The average molecular weight is 228 g/mol. The van der Waals surface area contributed by atoms with E-state index >= 15 is 0 Å².